The number of hydrogen-bond donors (Lipinski definition) is 2. The maximum absolute atomic E-state index is 13.0. The van der Waals surface area contributed by atoms with Gasteiger partial charge < -0.3 is 5.32 Å². The van der Waals surface area contributed by atoms with Crippen molar-refractivity contribution in [2.24, 2.45) is 13.0 Å². The molecular weight excluding hydrogens is 452 g/mol. The zero-order chi connectivity index (χ0) is 24.5. The average Bonchev–Trinajstić information content (AvgIpc) is 3.04. The first-order chi connectivity index (χ1) is 16.2. The molecule has 0 bridgehead atoms. The summed E-state index contributed by atoms with van der Waals surface area (Å²) in [6, 6.07) is 14.9. The lowest BCUT2D eigenvalue weighted by Crippen LogP contribution is -2.41. The van der Waals surface area contributed by atoms with Crippen LogP contribution < -0.4 is 15.6 Å². The van der Waals surface area contributed by atoms with Gasteiger partial charge in [0.15, 0.2) is 0 Å². The Morgan fingerprint density at radius 3 is 2.29 bits per heavy atom. The second-order valence-corrected chi connectivity index (χ2v) is 10.6. The van der Waals surface area contributed by atoms with Gasteiger partial charge in [0.2, 0.25) is 0 Å². The van der Waals surface area contributed by atoms with Crippen molar-refractivity contribution in [3.63, 3.8) is 0 Å². The van der Waals surface area contributed by atoms with Crippen molar-refractivity contribution < 1.29 is 13.2 Å². The predicted octanol–water partition coefficient (Wildman–Crippen LogP) is 3.59. The number of hydrogen-bond acceptors (Lipinski definition) is 4. The molecule has 9 heteroatoms. The second kappa shape index (κ2) is 9.50. The van der Waals surface area contributed by atoms with Crippen molar-refractivity contribution in [2.45, 2.75) is 50.5 Å². The summed E-state index contributed by atoms with van der Waals surface area (Å²) < 4.78 is 31.5. The molecule has 0 aliphatic heterocycles. The molecule has 3 aromatic rings. The molecule has 1 fully saturated rings. The summed E-state index contributed by atoms with van der Waals surface area (Å²) in [6.07, 6.45) is 4.34. The van der Waals surface area contributed by atoms with Gasteiger partial charge in [-0.25, -0.2) is 13.1 Å². The third kappa shape index (κ3) is 4.65. The first-order valence-electron chi connectivity index (χ1n) is 11.5. The lowest BCUT2D eigenvalue weighted by atomic mass is 9.86. The van der Waals surface area contributed by atoms with Gasteiger partial charge in [0.25, 0.3) is 21.5 Å². The Morgan fingerprint density at radius 2 is 1.65 bits per heavy atom. The van der Waals surface area contributed by atoms with Crippen LogP contribution in [-0.4, -0.2) is 29.7 Å². The Labute approximate surface area is 199 Å². The lowest BCUT2D eigenvalue weighted by Gasteiger charge is -2.29. The number of benzene rings is 2. The number of nitrogens with zero attached hydrogens (tertiary/aromatic N) is 2. The van der Waals surface area contributed by atoms with Crippen molar-refractivity contribution in [3.05, 3.63) is 76.2 Å². The molecule has 1 aromatic heterocycles. The summed E-state index contributed by atoms with van der Waals surface area (Å²) in [4.78, 5) is 25.7. The van der Waals surface area contributed by atoms with E-state index >= 15 is 0 Å². The first-order valence-corrected chi connectivity index (χ1v) is 12.9. The number of rotatable bonds is 6. The van der Waals surface area contributed by atoms with Crippen molar-refractivity contribution >= 4 is 21.6 Å². The number of amides is 1. The Morgan fingerprint density at radius 1 is 1.00 bits per heavy atom. The standard InChI is InChI=1S/C25H30N4O4S/c1-17-9-7-8-12-22(17)26-24(30)19-13-15-21(16-14-19)34(32,33)27-23-18(2)28(3)29(25(23)31)20-10-5-4-6-11-20/h4-6,10-11,13-17,22,27H,7-9,12H2,1-3H3,(H,26,30). The van der Waals surface area contributed by atoms with Gasteiger partial charge in [-0.05, 0) is 62.1 Å². The molecule has 0 spiro atoms. The summed E-state index contributed by atoms with van der Waals surface area (Å²) in [7, 11) is -2.33. The van der Waals surface area contributed by atoms with Gasteiger partial charge in [-0.2, -0.15) is 0 Å². The largest absolute Gasteiger partial charge is 0.349 e. The van der Waals surface area contributed by atoms with Crippen LogP contribution in [0.5, 0.6) is 0 Å². The summed E-state index contributed by atoms with van der Waals surface area (Å²) in [5, 5.41) is 3.07. The molecule has 0 saturated heterocycles. The number of para-hydroxylation sites is 1. The molecule has 34 heavy (non-hydrogen) atoms. The van der Waals surface area contributed by atoms with Gasteiger partial charge in [0.1, 0.15) is 5.69 Å². The van der Waals surface area contributed by atoms with Crippen LogP contribution in [0.3, 0.4) is 0 Å². The fourth-order valence-electron chi connectivity index (χ4n) is 4.45. The van der Waals surface area contributed by atoms with Gasteiger partial charge >= 0.3 is 0 Å². The highest BCUT2D eigenvalue weighted by Gasteiger charge is 2.25. The van der Waals surface area contributed by atoms with Crippen LogP contribution in [0.2, 0.25) is 0 Å². The molecule has 2 atom stereocenters. The number of carbonyl (C=O) groups excluding carboxylic acids is 1. The van der Waals surface area contributed by atoms with E-state index in [0.29, 0.717) is 22.9 Å². The average molecular weight is 483 g/mol. The number of aromatic nitrogens is 2. The summed E-state index contributed by atoms with van der Waals surface area (Å²) >= 11 is 0. The molecule has 0 radical (unpaired) electrons. The summed E-state index contributed by atoms with van der Waals surface area (Å²) in [5.41, 5.74) is 1.03. The maximum Gasteiger partial charge on any atom is 0.296 e. The number of nitrogens with one attached hydrogen (secondary N) is 2. The maximum atomic E-state index is 13.0. The number of anilines is 1. The van der Waals surface area contributed by atoms with Crippen LogP contribution in [-0.2, 0) is 17.1 Å². The molecule has 4 rings (SSSR count). The molecule has 1 heterocycles. The van der Waals surface area contributed by atoms with Crippen molar-refractivity contribution in [1.29, 1.82) is 0 Å². The van der Waals surface area contributed by atoms with Gasteiger partial charge in [-0.3, -0.25) is 19.0 Å². The van der Waals surface area contributed by atoms with E-state index in [1.807, 2.05) is 6.07 Å². The zero-order valence-electron chi connectivity index (χ0n) is 19.6. The van der Waals surface area contributed by atoms with E-state index in [9.17, 15) is 18.0 Å². The molecule has 1 aliphatic rings. The Kier molecular flexibility index (Phi) is 6.65. The van der Waals surface area contributed by atoms with Crippen molar-refractivity contribution in [2.75, 3.05) is 4.72 Å². The highest BCUT2D eigenvalue weighted by atomic mass is 32.2. The third-order valence-corrected chi connectivity index (χ3v) is 8.01. The van der Waals surface area contributed by atoms with E-state index in [2.05, 4.69) is 17.0 Å². The molecule has 2 unspecified atom stereocenters. The lowest BCUT2D eigenvalue weighted by molar-refractivity contribution is 0.0910. The SMILES string of the molecule is Cc1c(NS(=O)(=O)c2ccc(C(=O)NC3CCCCC3C)cc2)c(=O)n(-c2ccccc2)n1C. The van der Waals surface area contributed by atoms with E-state index in [4.69, 9.17) is 0 Å². The smallest absolute Gasteiger partial charge is 0.296 e. The predicted molar refractivity (Wildman–Crippen MR) is 132 cm³/mol. The minimum Gasteiger partial charge on any atom is -0.349 e. The van der Waals surface area contributed by atoms with Gasteiger partial charge in [0, 0.05) is 18.7 Å². The van der Waals surface area contributed by atoms with Gasteiger partial charge in [0.05, 0.1) is 16.3 Å². The molecule has 1 amide bonds. The van der Waals surface area contributed by atoms with E-state index in [1.54, 1.807) is 42.9 Å². The second-order valence-electron chi connectivity index (χ2n) is 8.91. The third-order valence-electron chi connectivity index (χ3n) is 6.65. The monoisotopic (exact) mass is 482 g/mol. The summed E-state index contributed by atoms with van der Waals surface area (Å²) in [5.74, 6) is 0.218. The number of carbonyl (C=O) groups is 1. The zero-order valence-corrected chi connectivity index (χ0v) is 20.4. The van der Waals surface area contributed by atoms with Crippen molar-refractivity contribution in [3.8, 4) is 5.69 Å². The van der Waals surface area contributed by atoms with E-state index in [1.165, 1.54) is 35.4 Å². The Balaban J connectivity index is 1.54. The summed E-state index contributed by atoms with van der Waals surface area (Å²) in [6.45, 7) is 3.82. The highest BCUT2D eigenvalue weighted by Crippen LogP contribution is 2.24. The van der Waals surface area contributed by atoms with Gasteiger partial charge in [-0.1, -0.05) is 38.0 Å². The normalized spacial score (nSPS) is 18.4. The topological polar surface area (TPSA) is 102 Å². The fourth-order valence-corrected chi connectivity index (χ4v) is 5.56. The Hall–Kier alpha value is -3.33. The molecule has 180 valence electrons. The molecule has 1 saturated carbocycles. The molecule has 2 N–H and O–H groups in total. The molecule has 2 aromatic carbocycles. The number of sulfonamides is 1. The minimum absolute atomic E-state index is 0.0144. The van der Waals surface area contributed by atoms with Crippen LogP contribution in [0.25, 0.3) is 5.69 Å². The molecule has 8 nitrogen and oxygen atoms in total. The van der Waals surface area contributed by atoms with Crippen molar-refractivity contribution in [1.82, 2.24) is 14.7 Å². The van der Waals surface area contributed by atoms with E-state index in [0.717, 1.165) is 19.3 Å². The molecule has 1 aliphatic carbocycles. The van der Waals surface area contributed by atoms with E-state index in [-0.39, 0.29) is 22.5 Å². The van der Waals surface area contributed by atoms with Crippen LogP contribution in [0.4, 0.5) is 5.69 Å². The Bertz CT molecular complexity index is 1340. The van der Waals surface area contributed by atoms with Crippen LogP contribution in [0.1, 0.15) is 48.7 Å². The highest BCUT2D eigenvalue weighted by molar-refractivity contribution is 7.92. The van der Waals surface area contributed by atoms with Crippen LogP contribution in [0.15, 0.2) is 64.3 Å². The minimum atomic E-state index is -4.03. The van der Waals surface area contributed by atoms with Crippen LogP contribution >= 0.6 is 0 Å². The van der Waals surface area contributed by atoms with Crippen LogP contribution in [0, 0.1) is 12.8 Å². The molecular formula is C25H30N4O4S. The van der Waals surface area contributed by atoms with E-state index < -0.39 is 15.6 Å². The first kappa shape index (κ1) is 23.8. The fraction of sp³-hybridized carbons (Fsp3) is 0.360. The quantitative estimate of drug-likeness (QED) is 0.560. The van der Waals surface area contributed by atoms with Gasteiger partial charge in [-0.15, -0.1) is 0 Å².